The fraction of sp³-hybridized carbons (Fsp3) is 0.889. The molecule has 0 fully saturated rings. The quantitative estimate of drug-likeness (QED) is 0.697. The van der Waals surface area contributed by atoms with Crippen molar-refractivity contribution >= 4 is 6.09 Å². The Morgan fingerprint density at radius 1 is 1.54 bits per heavy atom. The molecule has 0 saturated heterocycles. The van der Waals surface area contributed by atoms with Gasteiger partial charge in [0.2, 0.25) is 0 Å². The van der Waals surface area contributed by atoms with E-state index in [4.69, 9.17) is 0 Å². The summed E-state index contributed by atoms with van der Waals surface area (Å²) < 4.78 is 4.46. The number of rotatable bonds is 4. The molecule has 4 nitrogen and oxygen atoms in total. The molecule has 3 atom stereocenters. The van der Waals surface area contributed by atoms with Gasteiger partial charge in [-0.3, -0.25) is 0 Å². The summed E-state index contributed by atoms with van der Waals surface area (Å²) in [6.45, 7) is 5.65. The first-order chi connectivity index (χ1) is 6.02. The Labute approximate surface area is 79.3 Å². The molecule has 0 radical (unpaired) electrons. The van der Waals surface area contributed by atoms with Gasteiger partial charge in [0.1, 0.15) is 0 Å². The Balaban J connectivity index is 4.17. The van der Waals surface area contributed by atoms with Crippen molar-refractivity contribution in [2.45, 2.75) is 39.3 Å². The van der Waals surface area contributed by atoms with Crippen LogP contribution in [0.3, 0.4) is 0 Å². The van der Waals surface area contributed by atoms with Crippen molar-refractivity contribution in [2.75, 3.05) is 7.11 Å². The van der Waals surface area contributed by atoms with Crippen molar-refractivity contribution in [2.24, 2.45) is 5.92 Å². The van der Waals surface area contributed by atoms with E-state index in [1.165, 1.54) is 7.11 Å². The summed E-state index contributed by atoms with van der Waals surface area (Å²) in [7, 11) is 1.31. The normalized spacial score (nSPS) is 17.3. The average molecular weight is 189 g/mol. The van der Waals surface area contributed by atoms with Gasteiger partial charge in [0, 0.05) is 0 Å². The van der Waals surface area contributed by atoms with Crippen molar-refractivity contribution in [3.8, 4) is 0 Å². The Kier molecular flexibility index (Phi) is 5.46. The zero-order chi connectivity index (χ0) is 10.4. The number of ether oxygens (including phenoxy) is 1. The third-order valence-electron chi connectivity index (χ3n) is 2.25. The van der Waals surface area contributed by atoms with Gasteiger partial charge in [-0.05, 0) is 12.8 Å². The lowest BCUT2D eigenvalue weighted by atomic mass is 9.95. The fourth-order valence-corrected chi connectivity index (χ4v) is 1.19. The smallest absolute Gasteiger partial charge is 0.407 e. The molecule has 0 aliphatic rings. The summed E-state index contributed by atoms with van der Waals surface area (Å²) in [6, 6.07) is -0.238. The predicted molar refractivity (Wildman–Crippen MR) is 50.5 cm³/mol. The molecule has 1 unspecified atom stereocenters. The number of carbonyl (C=O) groups excluding carboxylic acids is 1. The monoisotopic (exact) mass is 189 g/mol. The van der Waals surface area contributed by atoms with Crippen LogP contribution in [0, 0.1) is 5.92 Å². The molecule has 13 heavy (non-hydrogen) atoms. The Morgan fingerprint density at radius 2 is 2.08 bits per heavy atom. The van der Waals surface area contributed by atoms with Crippen LogP contribution in [0.15, 0.2) is 0 Å². The molecule has 4 heteroatoms. The molecule has 0 rings (SSSR count). The minimum atomic E-state index is -0.561. The van der Waals surface area contributed by atoms with E-state index in [1.807, 2.05) is 13.8 Å². The largest absolute Gasteiger partial charge is 0.453 e. The van der Waals surface area contributed by atoms with Crippen molar-refractivity contribution in [3.63, 3.8) is 0 Å². The van der Waals surface area contributed by atoms with Crippen molar-refractivity contribution in [1.29, 1.82) is 0 Å². The van der Waals surface area contributed by atoms with Crippen LogP contribution >= 0.6 is 0 Å². The van der Waals surface area contributed by atoms with Crippen LogP contribution in [0.1, 0.15) is 27.2 Å². The van der Waals surface area contributed by atoms with Gasteiger partial charge in [-0.1, -0.05) is 20.3 Å². The first-order valence-electron chi connectivity index (χ1n) is 4.55. The van der Waals surface area contributed by atoms with Crippen LogP contribution in [0.5, 0.6) is 0 Å². The van der Waals surface area contributed by atoms with Gasteiger partial charge in [-0.25, -0.2) is 4.79 Å². The molecule has 0 aromatic carbocycles. The molecule has 1 amide bonds. The van der Waals surface area contributed by atoms with E-state index in [0.29, 0.717) is 0 Å². The lowest BCUT2D eigenvalue weighted by Crippen LogP contribution is -2.46. The average Bonchev–Trinajstić information content (AvgIpc) is 2.11. The predicted octanol–water partition coefficient (Wildman–Crippen LogP) is 1.14. The highest BCUT2D eigenvalue weighted by Crippen LogP contribution is 2.11. The molecular weight excluding hydrogens is 170 g/mol. The van der Waals surface area contributed by atoms with Gasteiger partial charge in [0.05, 0.1) is 19.3 Å². The maximum atomic E-state index is 10.9. The Bertz CT molecular complexity index is 159. The number of hydrogen-bond acceptors (Lipinski definition) is 3. The van der Waals surface area contributed by atoms with Crippen LogP contribution in [-0.4, -0.2) is 30.5 Å². The minimum absolute atomic E-state index is 0.235. The van der Waals surface area contributed by atoms with Gasteiger partial charge in [0.15, 0.2) is 0 Å². The first kappa shape index (κ1) is 12.2. The summed E-state index contributed by atoms with van der Waals surface area (Å²) in [4.78, 5) is 10.9. The van der Waals surface area contributed by atoms with E-state index in [0.717, 1.165) is 6.42 Å². The fourth-order valence-electron chi connectivity index (χ4n) is 1.19. The molecule has 78 valence electrons. The highest BCUT2D eigenvalue weighted by atomic mass is 16.5. The van der Waals surface area contributed by atoms with Gasteiger partial charge >= 0.3 is 6.09 Å². The van der Waals surface area contributed by atoms with Crippen LogP contribution < -0.4 is 5.32 Å². The summed E-state index contributed by atoms with van der Waals surface area (Å²) in [5, 5.41) is 12.0. The third kappa shape index (κ3) is 4.12. The molecule has 0 aromatic rings. The van der Waals surface area contributed by atoms with Crippen molar-refractivity contribution in [1.82, 2.24) is 5.32 Å². The highest BCUT2D eigenvalue weighted by molar-refractivity contribution is 5.67. The molecular formula is C9H19NO3. The second-order valence-corrected chi connectivity index (χ2v) is 3.29. The summed E-state index contributed by atoms with van der Waals surface area (Å²) in [5.41, 5.74) is 0. The lowest BCUT2D eigenvalue weighted by molar-refractivity contribution is 0.103. The third-order valence-corrected chi connectivity index (χ3v) is 2.25. The van der Waals surface area contributed by atoms with Crippen molar-refractivity contribution < 1.29 is 14.6 Å². The second kappa shape index (κ2) is 5.80. The number of nitrogens with one attached hydrogen (secondary N) is 1. The molecule has 0 aliphatic carbocycles. The molecule has 0 aliphatic heterocycles. The number of carbonyl (C=O) groups is 1. The summed E-state index contributed by atoms with van der Waals surface area (Å²) in [5.74, 6) is 0.235. The minimum Gasteiger partial charge on any atom is -0.453 e. The molecule has 0 aromatic heterocycles. The maximum Gasteiger partial charge on any atom is 0.407 e. The van der Waals surface area contributed by atoms with E-state index < -0.39 is 12.2 Å². The van der Waals surface area contributed by atoms with Crippen LogP contribution in [0.25, 0.3) is 0 Å². The molecule has 0 spiro atoms. The molecule has 0 bridgehead atoms. The van der Waals surface area contributed by atoms with Crippen LogP contribution in [0.2, 0.25) is 0 Å². The van der Waals surface area contributed by atoms with Gasteiger partial charge in [0.25, 0.3) is 0 Å². The second-order valence-electron chi connectivity index (χ2n) is 3.29. The topological polar surface area (TPSA) is 58.6 Å². The zero-order valence-electron chi connectivity index (χ0n) is 8.70. The van der Waals surface area contributed by atoms with Crippen molar-refractivity contribution in [3.05, 3.63) is 0 Å². The van der Waals surface area contributed by atoms with E-state index in [1.54, 1.807) is 6.92 Å². The van der Waals surface area contributed by atoms with E-state index in [-0.39, 0.29) is 12.0 Å². The lowest BCUT2D eigenvalue weighted by Gasteiger charge is -2.25. The van der Waals surface area contributed by atoms with Gasteiger partial charge in [-0.2, -0.15) is 0 Å². The molecule has 2 N–H and O–H groups in total. The van der Waals surface area contributed by atoms with Gasteiger partial charge < -0.3 is 15.2 Å². The Morgan fingerprint density at radius 3 is 2.38 bits per heavy atom. The highest BCUT2D eigenvalue weighted by Gasteiger charge is 2.22. The zero-order valence-corrected chi connectivity index (χ0v) is 8.70. The van der Waals surface area contributed by atoms with Crippen LogP contribution in [0.4, 0.5) is 4.79 Å². The SMILES string of the molecule is CC[C@@H](C)[C@H](NC(=O)OC)C(C)O. The standard InChI is InChI=1S/C9H19NO3/c1-5-6(2)8(7(3)11)10-9(12)13-4/h6-8,11H,5H2,1-4H3,(H,10,12)/t6-,7?,8+/m1/s1. The molecule has 0 saturated carbocycles. The Hall–Kier alpha value is -0.770. The van der Waals surface area contributed by atoms with Gasteiger partial charge in [-0.15, -0.1) is 0 Å². The summed E-state index contributed by atoms with van der Waals surface area (Å²) in [6.07, 6.45) is -0.153. The van der Waals surface area contributed by atoms with E-state index in [2.05, 4.69) is 10.1 Å². The summed E-state index contributed by atoms with van der Waals surface area (Å²) >= 11 is 0. The first-order valence-corrected chi connectivity index (χ1v) is 4.55. The van der Waals surface area contributed by atoms with E-state index in [9.17, 15) is 9.90 Å². The number of aliphatic hydroxyl groups excluding tert-OH is 1. The number of hydrogen-bond donors (Lipinski definition) is 2. The molecule has 0 heterocycles. The van der Waals surface area contributed by atoms with Crippen LogP contribution in [-0.2, 0) is 4.74 Å². The number of alkyl carbamates (subject to hydrolysis) is 1. The number of amides is 1. The number of methoxy groups -OCH3 is 1. The van der Waals surface area contributed by atoms with E-state index >= 15 is 0 Å². The maximum absolute atomic E-state index is 10.9. The number of aliphatic hydroxyl groups is 1.